The number of aryl methyl sites for hydroxylation is 5. The number of alkyl halides is 14. The summed E-state index contributed by atoms with van der Waals surface area (Å²) in [6, 6.07) is 0. The standard InChI is InChI=1S/C20H36N4O.C19H34N4O2.C9H18Br2.C5H8N2O.2C2F6NO4S2.2BrH/c1-2-10-21-13-14-22(19-21)11-8-6-4-3-5-7-9-12-23-15-16-24(20-23)17-18-25;24-16-14-22-12-10-20(18-22)8-6-4-2-1-3-5-7-9-21-11-13-23(19-21)15-17-25;10-8-6-4-2-1-3-5-7-9-11;8-4-3-7-2-1-6-5-7;2*3-1(4,5)14(10,11)9-15(12,13)2(6,7)8;;/h13-16,19-20,25H,2-12,17-18H2,1H3;10-13,18-19,24-25H,1-9,14-17H2;1-9H2;1-2,5,8H,3-4H2;;;2*1H/q2*+2;;;2*-1;;/p-2. The number of hydrogen-bond acceptors (Lipinski definition) is 13. The number of nitrogens with zero attached hydrogens (tertiary/aromatic N) is 12. The quantitative estimate of drug-likeness (QED) is 0.0182. The van der Waals surface area contributed by atoms with E-state index < -0.39 is 62.1 Å². The van der Waals surface area contributed by atoms with E-state index in [2.05, 4.69) is 123 Å². The molecule has 592 valence electrons. The maximum absolute atomic E-state index is 11.4. The summed E-state index contributed by atoms with van der Waals surface area (Å²) in [6.45, 7) is 11.2. The summed E-state index contributed by atoms with van der Waals surface area (Å²) < 4.78 is 237. The van der Waals surface area contributed by atoms with Crippen LogP contribution in [0.15, 0.2) is 93.6 Å². The van der Waals surface area contributed by atoms with E-state index in [-0.39, 0.29) is 60.4 Å². The fourth-order valence-electron chi connectivity index (χ4n) is 8.40. The fraction of sp³-hybridized carbons (Fsp3) is 0.737. The normalized spacial score (nSPS) is 12.0. The van der Waals surface area contributed by atoms with Gasteiger partial charge in [0.25, 0.3) is 0 Å². The van der Waals surface area contributed by atoms with Crippen molar-refractivity contribution in [2.45, 2.75) is 229 Å². The molecule has 0 aliphatic heterocycles. The molecule has 0 bridgehead atoms. The Balaban J connectivity index is -0.00000118. The van der Waals surface area contributed by atoms with E-state index in [1.807, 2.05) is 43.1 Å². The first-order valence-electron chi connectivity index (χ1n) is 31.8. The van der Waals surface area contributed by atoms with Crippen molar-refractivity contribution in [1.29, 1.82) is 0 Å². The van der Waals surface area contributed by atoms with Crippen LogP contribution in [0.2, 0.25) is 0 Å². The number of aromatic nitrogens is 10. The van der Waals surface area contributed by atoms with Crippen molar-refractivity contribution in [1.82, 2.24) is 27.8 Å². The minimum atomic E-state index is -6.72. The maximum atomic E-state index is 11.4. The third-order valence-electron chi connectivity index (χ3n) is 13.5. The molecule has 0 radical (unpaired) electrons. The van der Waals surface area contributed by atoms with E-state index in [1.54, 1.807) is 12.5 Å². The van der Waals surface area contributed by atoms with Crippen molar-refractivity contribution in [2.75, 3.05) is 37.1 Å². The average Bonchev–Trinajstić information content (AvgIpc) is 1.61. The molecular formula is C57H96Br4F12N12O12S4. The van der Waals surface area contributed by atoms with Gasteiger partial charge in [0.1, 0.15) is 69.2 Å². The van der Waals surface area contributed by atoms with Gasteiger partial charge in [-0.1, -0.05) is 109 Å². The molecule has 0 saturated carbocycles. The van der Waals surface area contributed by atoms with Crippen LogP contribution in [0.5, 0.6) is 0 Å². The number of aliphatic hydroxyl groups is 4. The van der Waals surface area contributed by atoms with E-state index in [0.717, 1.165) is 41.0 Å². The molecule has 0 aliphatic rings. The van der Waals surface area contributed by atoms with E-state index in [9.17, 15) is 86.4 Å². The zero-order chi connectivity index (χ0) is 75.1. The molecule has 101 heavy (non-hydrogen) atoms. The lowest BCUT2D eigenvalue weighted by molar-refractivity contribution is -0.697. The van der Waals surface area contributed by atoms with Crippen LogP contribution in [0, 0.1) is 0 Å². The van der Waals surface area contributed by atoms with Crippen molar-refractivity contribution in [3.8, 4) is 0 Å². The van der Waals surface area contributed by atoms with Crippen LogP contribution in [0.25, 0.3) is 8.25 Å². The number of halogens is 16. The lowest BCUT2D eigenvalue weighted by Gasteiger charge is -2.22. The number of hydrogen-bond donors (Lipinski definition) is 4. The van der Waals surface area contributed by atoms with Gasteiger partial charge in [-0.25, -0.2) is 75.2 Å². The van der Waals surface area contributed by atoms with Gasteiger partial charge in [-0.05, 0) is 70.6 Å². The molecule has 0 amide bonds. The molecular weight excluding hydrogens is 1720 g/mol. The topological polar surface area (TPSA) is 299 Å². The van der Waals surface area contributed by atoms with Crippen LogP contribution in [0.3, 0.4) is 0 Å². The van der Waals surface area contributed by atoms with E-state index >= 15 is 0 Å². The first-order valence-corrected chi connectivity index (χ1v) is 39.8. The van der Waals surface area contributed by atoms with Gasteiger partial charge in [-0.15, -0.1) is 0 Å². The van der Waals surface area contributed by atoms with Gasteiger partial charge in [0.2, 0.25) is 25.3 Å². The highest BCUT2D eigenvalue weighted by molar-refractivity contribution is 9.09. The Hall–Kier alpha value is -3.31. The largest absolute Gasteiger partial charge is 1.00 e. The summed E-state index contributed by atoms with van der Waals surface area (Å²) in [5, 5.41) is 37.5. The molecule has 4 N–H and O–H groups in total. The Morgan fingerprint density at radius 2 is 0.594 bits per heavy atom. The Bertz CT molecular complexity index is 2930. The molecule has 0 saturated heterocycles. The van der Waals surface area contributed by atoms with Crippen LogP contribution in [0.4, 0.5) is 52.7 Å². The van der Waals surface area contributed by atoms with Gasteiger partial charge in [-0.2, -0.15) is 52.7 Å². The molecule has 0 aromatic carbocycles. The van der Waals surface area contributed by atoms with Crippen LogP contribution in [0.1, 0.15) is 148 Å². The third kappa shape index (κ3) is 47.8. The molecule has 0 unspecified atom stereocenters. The van der Waals surface area contributed by atoms with E-state index in [4.69, 9.17) is 20.4 Å². The third-order valence-corrected chi connectivity index (χ3v) is 20.1. The lowest BCUT2D eigenvalue weighted by Crippen LogP contribution is -3.00. The maximum Gasteiger partial charge on any atom is 0.480 e. The predicted octanol–water partition coefficient (Wildman–Crippen LogP) is 4.49. The van der Waals surface area contributed by atoms with E-state index in [1.165, 1.54) is 152 Å². The molecule has 0 atom stereocenters. The SMILES string of the molecule is BrCCCCCCCCCBr.CCC[n+]1ccn(CCCCCCCCC[n+]2ccn(CCO)c2)c1.O=S(=O)([N-]S(=O)(=O)C(F)(F)F)C(F)(F)F.O=S(=O)([N-]S(=O)(=O)C(F)(F)F)C(F)(F)F.OCCn1cc[n+](CCCCCCCCC[n+]2ccn(CCO)c2)c1.OCCn1ccnc1.[Br-].[Br-]. The summed E-state index contributed by atoms with van der Waals surface area (Å²) in [7, 11) is -26.9. The smallest absolute Gasteiger partial charge is 0.480 e. The first kappa shape index (κ1) is 102. The molecule has 24 nitrogen and oxygen atoms in total. The van der Waals surface area contributed by atoms with Crippen molar-refractivity contribution in [3.63, 3.8) is 0 Å². The summed E-state index contributed by atoms with van der Waals surface area (Å²) in [5.74, 6) is 0. The van der Waals surface area contributed by atoms with Crippen LogP contribution in [-0.2, 0) is 99.0 Å². The first-order chi connectivity index (χ1) is 46.4. The summed E-state index contributed by atoms with van der Waals surface area (Å²) in [5.41, 5.74) is -24.8. The molecule has 0 fully saturated rings. The second kappa shape index (κ2) is 55.2. The van der Waals surface area contributed by atoms with Gasteiger partial charge in [-0.3, -0.25) is 0 Å². The van der Waals surface area contributed by atoms with Gasteiger partial charge in [0, 0.05) is 29.6 Å². The average molecular weight is 1820 g/mol. The minimum Gasteiger partial charge on any atom is -1.00 e. The molecule has 0 spiro atoms. The zero-order valence-corrected chi connectivity index (χ0v) is 65.5. The highest BCUT2D eigenvalue weighted by Crippen LogP contribution is 2.37. The number of imidazole rings is 5. The minimum absolute atomic E-state index is 0. The van der Waals surface area contributed by atoms with Crippen molar-refractivity contribution < 1.29 is 159 Å². The number of sulfonamides is 4. The second-order valence-corrected chi connectivity index (χ2v) is 30.3. The molecule has 5 rings (SSSR count). The van der Waals surface area contributed by atoms with Crippen molar-refractivity contribution >= 4 is 72.0 Å². The Morgan fingerprint density at radius 1 is 0.356 bits per heavy atom. The predicted molar refractivity (Wildman–Crippen MR) is 351 cm³/mol. The monoisotopic (exact) mass is 1810 g/mol. The second-order valence-electron chi connectivity index (χ2n) is 21.9. The Labute approximate surface area is 622 Å². The fourth-order valence-corrected chi connectivity index (χ4v) is 12.6. The van der Waals surface area contributed by atoms with E-state index in [0.29, 0.717) is 26.2 Å². The molecule has 0 aliphatic carbocycles. The highest BCUT2D eigenvalue weighted by atomic mass is 79.9. The van der Waals surface area contributed by atoms with Crippen LogP contribution < -0.4 is 52.2 Å². The summed E-state index contributed by atoms with van der Waals surface area (Å²) >= 11 is 6.87. The van der Waals surface area contributed by atoms with Crippen LogP contribution >= 0.6 is 31.9 Å². The Morgan fingerprint density at radius 3 is 0.832 bits per heavy atom. The lowest BCUT2D eigenvalue weighted by atomic mass is 10.1. The molecule has 5 aromatic rings. The van der Waals surface area contributed by atoms with Gasteiger partial charge >= 0.3 is 22.0 Å². The highest BCUT2D eigenvalue weighted by Gasteiger charge is 2.48. The number of rotatable bonds is 42. The Kier molecular flexibility index (Phi) is 55.6. The molecule has 44 heteroatoms. The van der Waals surface area contributed by atoms with Gasteiger partial charge in [0.05, 0.1) is 65.5 Å². The summed E-state index contributed by atoms with van der Waals surface area (Å²) in [4.78, 5) is 3.79. The van der Waals surface area contributed by atoms with Gasteiger partial charge in [0.15, 0.2) is 40.1 Å². The number of aliphatic hydroxyl groups excluding tert-OH is 4. The van der Waals surface area contributed by atoms with Gasteiger partial charge < -0.3 is 67.2 Å². The van der Waals surface area contributed by atoms with Crippen LogP contribution in [-0.4, -0.2) is 141 Å². The molecule has 5 aromatic heterocycles. The van der Waals surface area contributed by atoms with Crippen molar-refractivity contribution in [2.24, 2.45) is 0 Å². The number of unbranched alkanes of at least 4 members (excludes halogenated alkanes) is 18. The summed E-state index contributed by atoms with van der Waals surface area (Å²) in [6.07, 6.45) is 59.6. The van der Waals surface area contributed by atoms with Crippen molar-refractivity contribution in [3.05, 3.63) is 102 Å². The molecule has 5 heterocycles. The zero-order valence-electron chi connectivity index (χ0n) is 55.9.